The van der Waals surface area contributed by atoms with E-state index in [4.69, 9.17) is 0 Å². The van der Waals surface area contributed by atoms with Gasteiger partial charge >= 0.3 is 0 Å². The van der Waals surface area contributed by atoms with Gasteiger partial charge in [0, 0.05) is 18.1 Å². The molecule has 0 saturated heterocycles. The summed E-state index contributed by atoms with van der Waals surface area (Å²) in [5, 5.41) is 15.9. The highest BCUT2D eigenvalue weighted by Gasteiger charge is 2.07. The number of thiazole rings is 1. The van der Waals surface area contributed by atoms with Crippen molar-refractivity contribution in [2.24, 2.45) is 0 Å². The van der Waals surface area contributed by atoms with Crippen molar-refractivity contribution in [2.45, 2.75) is 19.5 Å². The van der Waals surface area contributed by atoms with E-state index in [1.807, 2.05) is 23.7 Å². The summed E-state index contributed by atoms with van der Waals surface area (Å²) in [6.45, 7) is 2.84. The maximum Gasteiger partial charge on any atom is 0.129 e. The van der Waals surface area contributed by atoms with Crippen molar-refractivity contribution in [2.75, 3.05) is 0 Å². The highest BCUT2D eigenvalue weighted by Crippen LogP contribution is 2.24. The Bertz CT molecular complexity index is 487. The van der Waals surface area contributed by atoms with Gasteiger partial charge in [-0.25, -0.2) is 4.98 Å². The average molecular weight is 313 g/mol. The van der Waals surface area contributed by atoms with Crippen LogP contribution in [0.25, 0.3) is 0 Å². The third-order valence-electron chi connectivity index (χ3n) is 2.45. The summed E-state index contributed by atoms with van der Waals surface area (Å²) >= 11 is 4.95. The Kier molecular flexibility index (Phi) is 4.15. The number of hydrogen-bond donors (Lipinski definition) is 2. The predicted molar refractivity (Wildman–Crippen MR) is 73.2 cm³/mol. The number of rotatable bonds is 4. The summed E-state index contributed by atoms with van der Waals surface area (Å²) in [6.07, 6.45) is 1.81. The van der Waals surface area contributed by atoms with Gasteiger partial charge in [0.1, 0.15) is 10.8 Å². The van der Waals surface area contributed by atoms with Gasteiger partial charge in [0.25, 0.3) is 0 Å². The normalized spacial score (nSPS) is 12.6. The van der Waals surface area contributed by atoms with Gasteiger partial charge in [-0.1, -0.05) is 6.07 Å². The van der Waals surface area contributed by atoms with E-state index < -0.39 is 0 Å². The van der Waals surface area contributed by atoms with E-state index in [0.29, 0.717) is 0 Å². The molecule has 2 aromatic rings. The predicted octanol–water partition coefficient (Wildman–Crippen LogP) is 3.46. The zero-order valence-corrected chi connectivity index (χ0v) is 11.8. The van der Waals surface area contributed by atoms with E-state index in [1.54, 1.807) is 17.4 Å². The third-order valence-corrected chi connectivity index (χ3v) is 4.04. The first kappa shape index (κ1) is 12.5. The largest absolute Gasteiger partial charge is 0.507 e. The van der Waals surface area contributed by atoms with E-state index in [2.05, 4.69) is 33.2 Å². The molecule has 0 aliphatic heterocycles. The minimum absolute atomic E-state index is 0.238. The van der Waals surface area contributed by atoms with Crippen LogP contribution < -0.4 is 5.32 Å². The van der Waals surface area contributed by atoms with Crippen molar-refractivity contribution in [3.8, 4) is 5.75 Å². The summed E-state index contributed by atoms with van der Waals surface area (Å²) in [7, 11) is 0. The van der Waals surface area contributed by atoms with Gasteiger partial charge in [-0.2, -0.15) is 0 Å². The summed E-state index contributed by atoms with van der Waals surface area (Å²) < 4.78 is 0.721. The molecule has 5 heteroatoms. The van der Waals surface area contributed by atoms with Gasteiger partial charge in [-0.15, -0.1) is 11.3 Å². The Morgan fingerprint density at radius 1 is 1.53 bits per heavy atom. The first-order valence-corrected chi connectivity index (χ1v) is 6.94. The highest BCUT2D eigenvalue weighted by atomic mass is 79.9. The van der Waals surface area contributed by atoms with Crippen molar-refractivity contribution in [1.82, 2.24) is 10.3 Å². The number of nitrogens with zero attached hydrogens (tertiary/aromatic N) is 1. The van der Waals surface area contributed by atoms with Crippen LogP contribution >= 0.6 is 27.3 Å². The lowest BCUT2D eigenvalue weighted by Gasteiger charge is -2.11. The Hall–Kier alpha value is -0.910. The number of halogens is 1. The van der Waals surface area contributed by atoms with Crippen molar-refractivity contribution in [1.29, 1.82) is 0 Å². The molecule has 0 bridgehead atoms. The Morgan fingerprint density at radius 3 is 3.00 bits per heavy atom. The molecule has 0 spiro atoms. The van der Waals surface area contributed by atoms with Crippen LogP contribution in [-0.2, 0) is 6.54 Å². The second kappa shape index (κ2) is 5.62. The van der Waals surface area contributed by atoms with Crippen LogP contribution in [0.1, 0.15) is 23.5 Å². The van der Waals surface area contributed by atoms with Crippen LogP contribution in [-0.4, -0.2) is 10.1 Å². The molecule has 0 fully saturated rings. The van der Waals surface area contributed by atoms with Crippen LogP contribution in [0.5, 0.6) is 5.75 Å². The number of benzene rings is 1. The first-order valence-electron chi connectivity index (χ1n) is 5.27. The number of hydrogen-bond acceptors (Lipinski definition) is 4. The number of phenolic OH excluding ortho intramolecular Hbond substituents is 1. The van der Waals surface area contributed by atoms with Crippen LogP contribution in [0.2, 0.25) is 0 Å². The molecule has 2 rings (SSSR count). The smallest absolute Gasteiger partial charge is 0.129 e. The van der Waals surface area contributed by atoms with E-state index in [9.17, 15) is 5.11 Å². The maximum absolute atomic E-state index is 9.40. The van der Waals surface area contributed by atoms with Crippen molar-refractivity contribution in [3.63, 3.8) is 0 Å². The van der Waals surface area contributed by atoms with Crippen molar-refractivity contribution >= 4 is 27.3 Å². The summed E-state index contributed by atoms with van der Waals surface area (Å²) in [5.41, 5.74) is 1.12. The van der Waals surface area contributed by atoms with Crippen LogP contribution in [0.3, 0.4) is 0 Å². The highest BCUT2D eigenvalue weighted by molar-refractivity contribution is 9.10. The third kappa shape index (κ3) is 3.28. The molecular weight excluding hydrogens is 300 g/mol. The molecule has 1 heterocycles. The molecule has 0 saturated carbocycles. The number of phenols is 1. The van der Waals surface area contributed by atoms with E-state index in [0.717, 1.165) is 21.6 Å². The van der Waals surface area contributed by atoms with Gasteiger partial charge in [0.2, 0.25) is 0 Å². The lowest BCUT2D eigenvalue weighted by Crippen LogP contribution is -2.17. The SMILES string of the molecule is CC(NCc1ccc(O)c(Br)c1)c1nccs1. The Labute approximate surface area is 113 Å². The molecule has 1 aromatic heterocycles. The maximum atomic E-state index is 9.40. The number of aromatic hydroxyl groups is 1. The standard InChI is InChI=1S/C12H13BrN2OS/c1-8(12-14-4-5-17-12)15-7-9-2-3-11(16)10(13)6-9/h2-6,8,15-16H,7H2,1H3. The second-order valence-corrected chi connectivity index (χ2v) is 5.54. The zero-order valence-electron chi connectivity index (χ0n) is 9.35. The number of nitrogens with one attached hydrogen (secondary N) is 1. The molecule has 0 amide bonds. The molecule has 3 nitrogen and oxygen atoms in total. The molecule has 2 N–H and O–H groups in total. The molecule has 0 radical (unpaired) electrons. The molecule has 17 heavy (non-hydrogen) atoms. The second-order valence-electron chi connectivity index (χ2n) is 3.76. The van der Waals surface area contributed by atoms with Crippen LogP contribution in [0.15, 0.2) is 34.2 Å². The fourth-order valence-corrected chi connectivity index (χ4v) is 2.56. The fraction of sp³-hybridized carbons (Fsp3) is 0.250. The van der Waals surface area contributed by atoms with Gasteiger partial charge < -0.3 is 10.4 Å². The van der Waals surface area contributed by atoms with Crippen LogP contribution in [0, 0.1) is 0 Å². The molecule has 90 valence electrons. The van der Waals surface area contributed by atoms with Gasteiger partial charge in [0.15, 0.2) is 0 Å². The fourth-order valence-electron chi connectivity index (χ4n) is 1.47. The molecule has 1 atom stereocenters. The summed E-state index contributed by atoms with van der Waals surface area (Å²) in [4.78, 5) is 4.27. The van der Waals surface area contributed by atoms with Crippen molar-refractivity contribution < 1.29 is 5.11 Å². The minimum atomic E-state index is 0.238. The number of aromatic nitrogens is 1. The monoisotopic (exact) mass is 312 g/mol. The molecule has 0 aliphatic carbocycles. The summed E-state index contributed by atoms with van der Waals surface area (Å²) in [6, 6.07) is 5.75. The lowest BCUT2D eigenvalue weighted by atomic mass is 10.2. The average Bonchev–Trinajstić information content (AvgIpc) is 2.84. The van der Waals surface area contributed by atoms with E-state index >= 15 is 0 Å². The molecular formula is C12H13BrN2OS. The Morgan fingerprint density at radius 2 is 2.35 bits per heavy atom. The zero-order chi connectivity index (χ0) is 12.3. The van der Waals surface area contributed by atoms with Gasteiger partial charge in [-0.3, -0.25) is 0 Å². The van der Waals surface area contributed by atoms with Gasteiger partial charge in [-0.05, 0) is 40.5 Å². The lowest BCUT2D eigenvalue weighted by molar-refractivity contribution is 0.471. The topological polar surface area (TPSA) is 45.1 Å². The molecule has 1 unspecified atom stereocenters. The molecule has 1 aromatic carbocycles. The van der Waals surface area contributed by atoms with E-state index in [1.165, 1.54) is 0 Å². The Balaban J connectivity index is 1.96. The van der Waals surface area contributed by atoms with Crippen LogP contribution in [0.4, 0.5) is 0 Å². The van der Waals surface area contributed by atoms with Gasteiger partial charge in [0.05, 0.1) is 10.5 Å². The van der Waals surface area contributed by atoms with Crippen molar-refractivity contribution in [3.05, 3.63) is 44.8 Å². The molecule has 0 aliphatic rings. The quantitative estimate of drug-likeness (QED) is 0.908. The summed E-state index contributed by atoms with van der Waals surface area (Å²) in [5.74, 6) is 0.265. The first-order chi connectivity index (χ1) is 8.16. The minimum Gasteiger partial charge on any atom is -0.507 e. The van der Waals surface area contributed by atoms with E-state index in [-0.39, 0.29) is 11.8 Å².